The van der Waals surface area contributed by atoms with Gasteiger partial charge in [0, 0.05) is 22.7 Å². The Balaban J connectivity index is 2.19. The molecule has 0 aliphatic heterocycles. The van der Waals surface area contributed by atoms with Gasteiger partial charge in [-0.2, -0.15) is 0 Å². The summed E-state index contributed by atoms with van der Waals surface area (Å²) in [4.78, 5) is 5.61. The quantitative estimate of drug-likeness (QED) is 0.918. The SMILES string of the molecule is CNCc1cnc(Sc2cccc(Cl)c2)c(C)c1. The van der Waals surface area contributed by atoms with Crippen molar-refractivity contribution in [3.05, 3.63) is 52.7 Å². The number of halogens is 1. The van der Waals surface area contributed by atoms with Crippen molar-refractivity contribution in [1.29, 1.82) is 0 Å². The van der Waals surface area contributed by atoms with Crippen molar-refractivity contribution >= 4 is 23.4 Å². The Labute approximate surface area is 117 Å². The van der Waals surface area contributed by atoms with Crippen molar-refractivity contribution in [2.45, 2.75) is 23.4 Å². The van der Waals surface area contributed by atoms with E-state index in [4.69, 9.17) is 11.6 Å². The summed E-state index contributed by atoms with van der Waals surface area (Å²) in [6, 6.07) is 9.99. The lowest BCUT2D eigenvalue weighted by atomic mass is 10.2. The van der Waals surface area contributed by atoms with Gasteiger partial charge in [0.2, 0.25) is 0 Å². The molecule has 0 radical (unpaired) electrons. The van der Waals surface area contributed by atoms with Crippen LogP contribution >= 0.6 is 23.4 Å². The summed E-state index contributed by atoms with van der Waals surface area (Å²) in [5.74, 6) is 0. The van der Waals surface area contributed by atoms with E-state index in [0.717, 1.165) is 21.5 Å². The number of nitrogens with zero attached hydrogens (tertiary/aromatic N) is 1. The molecule has 4 heteroatoms. The molecule has 2 rings (SSSR count). The van der Waals surface area contributed by atoms with E-state index in [0.29, 0.717) is 0 Å². The normalized spacial score (nSPS) is 10.6. The first-order valence-corrected chi connectivity index (χ1v) is 6.92. The second-order valence-corrected chi connectivity index (χ2v) is 5.55. The van der Waals surface area contributed by atoms with Crippen LogP contribution in [0.4, 0.5) is 0 Å². The van der Waals surface area contributed by atoms with Crippen LogP contribution in [-0.2, 0) is 6.54 Å². The summed E-state index contributed by atoms with van der Waals surface area (Å²) in [7, 11) is 1.93. The minimum atomic E-state index is 0.754. The molecule has 0 saturated carbocycles. The van der Waals surface area contributed by atoms with Gasteiger partial charge in [0.1, 0.15) is 5.03 Å². The molecule has 1 heterocycles. The monoisotopic (exact) mass is 278 g/mol. The zero-order chi connectivity index (χ0) is 13.0. The number of benzene rings is 1. The number of pyridine rings is 1. The molecule has 2 aromatic rings. The Kier molecular flexibility index (Phi) is 4.64. The minimum Gasteiger partial charge on any atom is -0.316 e. The second kappa shape index (κ2) is 6.23. The molecule has 0 fully saturated rings. The first-order valence-electron chi connectivity index (χ1n) is 5.72. The first kappa shape index (κ1) is 13.4. The summed E-state index contributed by atoms with van der Waals surface area (Å²) < 4.78 is 0. The van der Waals surface area contributed by atoms with Crippen LogP contribution in [0.5, 0.6) is 0 Å². The number of hydrogen-bond acceptors (Lipinski definition) is 3. The minimum absolute atomic E-state index is 0.754. The maximum absolute atomic E-state index is 5.98. The highest BCUT2D eigenvalue weighted by Gasteiger charge is 2.04. The van der Waals surface area contributed by atoms with Crippen LogP contribution in [0.3, 0.4) is 0 Å². The molecule has 0 atom stereocenters. The van der Waals surface area contributed by atoms with E-state index in [1.165, 1.54) is 11.1 Å². The lowest BCUT2D eigenvalue weighted by Crippen LogP contribution is -2.05. The van der Waals surface area contributed by atoms with Crippen molar-refractivity contribution < 1.29 is 0 Å². The highest BCUT2D eigenvalue weighted by Crippen LogP contribution is 2.30. The summed E-state index contributed by atoms with van der Waals surface area (Å²) in [6.07, 6.45) is 1.91. The fraction of sp³-hybridized carbons (Fsp3) is 0.214. The number of aryl methyl sites for hydroxylation is 1. The van der Waals surface area contributed by atoms with Crippen LogP contribution in [0.2, 0.25) is 5.02 Å². The van der Waals surface area contributed by atoms with Gasteiger partial charge in [0.15, 0.2) is 0 Å². The lowest BCUT2D eigenvalue weighted by Gasteiger charge is -2.07. The molecule has 0 spiro atoms. The standard InChI is InChI=1S/C14H15ClN2S/c1-10-6-11(8-16-2)9-17-14(10)18-13-5-3-4-12(15)7-13/h3-7,9,16H,8H2,1-2H3. The van der Waals surface area contributed by atoms with Crippen LogP contribution in [0.25, 0.3) is 0 Å². The van der Waals surface area contributed by atoms with E-state index in [-0.39, 0.29) is 0 Å². The summed E-state index contributed by atoms with van der Waals surface area (Å²) in [6.45, 7) is 2.93. The number of hydrogen-bond donors (Lipinski definition) is 1. The Morgan fingerprint density at radius 2 is 2.17 bits per heavy atom. The zero-order valence-electron chi connectivity index (χ0n) is 10.4. The molecular weight excluding hydrogens is 264 g/mol. The molecule has 0 bridgehead atoms. The van der Waals surface area contributed by atoms with Gasteiger partial charge < -0.3 is 5.32 Å². The van der Waals surface area contributed by atoms with Crippen LogP contribution < -0.4 is 5.32 Å². The maximum Gasteiger partial charge on any atom is 0.104 e. The molecule has 0 amide bonds. The molecule has 1 aromatic carbocycles. The third kappa shape index (κ3) is 3.48. The maximum atomic E-state index is 5.98. The Hall–Kier alpha value is -1.03. The molecule has 0 aliphatic carbocycles. The van der Waals surface area contributed by atoms with Crippen molar-refractivity contribution in [3.8, 4) is 0 Å². The average molecular weight is 279 g/mol. The smallest absolute Gasteiger partial charge is 0.104 e. The summed E-state index contributed by atoms with van der Waals surface area (Å²) in [5.41, 5.74) is 2.39. The molecule has 0 aliphatic rings. The van der Waals surface area contributed by atoms with Crippen molar-refractivity contribution in [1.82, 2.24) is 10.3 Å². The second-order valence-electron chi connectivity index (χ2n) is 4.06. The van der Waals surface area contributed by atoms with E-state index >= 15 is 0 Å². The highest BCUT2D eigenvalue weighted by molar-refractivity contribution is 7.99. The predicted octanol–water partition coefficient (Wildman–Crippen LogP) is 3.91. The van der Waals surface area contributed by atoms with E-state index in [1.54, 1.807) is 11.8 Å². The van der Waals surface area contributed by atoms with Crippen LogP contribution in [0.15, 0.2) is 46.5 Å². The highest BCUT2D eigenvalue weighted by atomic mass is 35.5. The van der Waals surface area contributed by atoms with Gasteiger partial charge in [-0.3, -0.25) is 0 Å². The van der Waals surface area contributed by atoms with Gasteiger partial charge in [-0.25, -0.2) is 4.98 Å². The van der Waals surface area contributed by atoms with Crippen LogP contribution in [-0.4, -0.2) is 12.0 Å². The third-order valence-corrected chi connectivity index (χ3v) is 3.82. The molecule has 2 nitrogen and oxygen atoms in total. The topological polar surface area (TPSA) is 24.9 Å². The van der Waals surface area contributed by atoms with Gasteiger partial charge in [-0.15, -0.1) is 0 Å². The predicted molar refractivity (Wildman–Crippen MR) is 77.3 cm³/mol. The Morgan fingerprint density at radius 1 is 1.33 bits per heavy atom. The van der Waals surface area contributed by atoms with Crippen molar-refractivity contribution in [2.75, 3.05) is 7.05 Å². The van der Waals surface area contributed by atoms with Crippen LogP contribution in [0, 0.1) is 6.92 Å². The van der Waals surface area contributed by atoms with Gasteiger partial charge in [-0.05, 0) is 43.3 Å². The first-order chi connectivity index (χ1) is 8.69. The fourth-order valence-electron chi connectivity index (χ4n) is 1.67. The fourth-order valence-corrected chi connectivity index (χ4v) is 2.81. The molecule has 18 heavy (non-hydrogen) atoms. The number of nitrogens with one attached hydrogen (secondary N) is 1. The number of aromatic nitrogens is 1. The molecule has 94 valence electrons. The summed E-state index contributed by atoms with van der Waals surface area (Å²) >= 11 is 7.61. The largest absolute Gasteiger partial charge is 0.316 e. The van der Waals surface area contributed by atoms with E-state index in [2.05, 4.69) is 23.3 Å². The van der Waals surface area contributed by atoms with Gasteiger partial charge in [0.25, 0.3) is 0 Å². The molecular formula is C14H15ClN2S. The van der Waals surface area contributed by atoms with Gasteiger partial charge in [0.05, 0.1) is 0 Å². The van der Waals surface area contributed by atoms with E-state index < -0.39 is 0 Å². The van der Waals surface area contributed by atoms with Crippen molar-refractivity contribution in [3.63, 3.8) is 0 Å². The molecule has 1 N–H and O–H groups in total. The van der Waals surface area contributed by atoms with E-state index in [1.807, 2.05) is 37.5 Å². The number of rotatable bonds is 4. The van der Waals surface area contributed by atoms with Crippen LogP contribution in [0.1, 0.15) is 11.1 Å². The van der Waals surface area contributed by atoms with Gasteiger partial charge >= 0.3 is 0 Å². The third-order valence-electron chi connectivity index (χ3n) is 2.48. The zero-order valence-corrected chi connectivity index (χ0v) is 12.0. The van der Waals surface area contributed by atoms with Gasteiger partial charge in [-0.1, -0.05) is 35.5 Å². The lowest BCUT2D eigenvalue weighted by molar-refractivity contribution is 0.807. The summed E-state index contributed by atoms with van der Waals surface area (Å²) in [5, 5.41) is 4.90. The molecule has 0 unspecified atom stereocenters. The van der Waals surface area contributed by atoms with E-state index in [9.17, 15) is 0 Å². The Bertz CT molecular complexity index is 543. The molecule has 0 saturated heterocycles. The average Bonchev–Trinajstić information content (AvgIpc) is 2.33. The molecule has 1 aromatic heterocycles. The van der Waals surface area contributed by atoms with Crippen molar-refractivity contribution in [2.24, 2.45) is 0 Å². The Morgan fingerprint density at radius 3 is 2.83 bits per heavy atom.